The summed E-state index contributed by atoms with van der Waals surface area (Å²) in [7, 11) is 2.09. The predicted molar refractivity (Wildman–Crippen MR) is 135 cm³/mol. The van der Waals surface area contributed by atoms with Crippen molar-refractivity contribution in [3.63, 3.8) is 0 Å². The van der Waals surface area contributed by atoms with Gasteiger partial charge in [-0.1, -0.05) is 87.5 Å². The van der Waals surface area contributed by atoms with E-state index in [9.17, 15) is 0 Å². The molecule has 0 amide bonds. The minimum atomic E-state index is 0.112. The largest absolute Gasteiger partial charge is 0.328 e. The van der Waals surface area contributed by atoms with E-state index < -0.39 is 0 Å². The lowest BCUT2D eigenvalue weighted by Crippen LogP contribution is -2.10. The van der Waals surface area contributed by atoms with Crippen LogP contribution in [0.4, 0.5) is 0 Å². The topological polar surface area (TPSA) is 30.7 Å². The molecule has 32 heavy (non-hydrogen) atoms. The molecule has 2 heterocycles. The molecule has 0 unspecified atom stereocenters. The molecule has 0 bridgehead atoms. The first-order chi connectivity index (χ1) is 15.4. The zero-order chi connectivity index (χ0) is 22.0. The Kier molecular flexibility index (Phi) is 3.94. The van der Waals surface area contributed by atoms with Crippen LogP contribution in [0, 0.1) is 0 Å². The third-order valence-corrected chi connectivity index (χ3v) is 6.66. The molecule has 0 aliphatic heterocycles. The van der Waals surface area contributed by atoms with E-state index in [4.69, 9.17) is 4.98 Å². The number of aromatic nitrogens is 3. The lowest BCUT2D eigenvalue weighted by molar-refractivity contribution is 0.591. The minimum absolute atomic E-state index is 0.112. The summed E-state index contributed by atoms with van der Waals surface area (Å²) < 4.78 is 2.19. The average Bonchev–Trinajstić information content (AvgIpc) is 3.10. The molecule has 2 aromatic heterocycles. The Bertz CT molecular complexity index is 1670. The molecular formula is C29H25N3. The number of benzene rings is 4. The van der Waals surface area contributed by atoms with E-state index in [-0.39, 0.29) is 5.41 Å². The van der Waals surface area contributed by atoms with Crippen molar-refractivity contribution in [2.24, 2.45) is 7.05 Å². The molecule has 0 saturated carbocycles. The second-order valence-electron chi connectivity index (χ2n) is 9.65. The summed E-state index contributed by atoms with van der Waals surface area (Å²) in [6.45, 7) is 6.77. The van der Waals surface area contributed by atoms with Crippen molar-refractivity contribution in [2.45, 2.75) is 26.2 Å². The highest BCUT2D eigenvalue weighted by Crippen LogP contribution is 2.40. The van der Waals surface area contributed by atoms with Crippen molar-refractivity contribution >= 4 is 43.5 Å². The van der Waals surface area contributed by atoms with Gasteiger partial charge < -0.3 is 4.57 Å². The fraction of sp³-hybridized carbons (Fsp3) is 0.172. The van der Waals surface area contributed by atoms with Crippen molar-refractivity contribution in [2.75, 3.05) is 0 Å². The van der Waals surface area contributed by atoms with Crippen LogP contribution >= 0.6 is 0 Å². The molecule has 0 spiro atoms. The standard InChI is InChI=1S/C29H25N3/c1-29(2,3)20-13-14-21-19(16-20)9-7-11-23(21)27-26-25-22-10-6-5-8-18(22)12-15-24(25)32(4)28(26)31-17-30-27/h5-17H,1-4H3. The van der Waals surface area contributed by atoms with Gasteiger partial charge in [0, 0.05) is 18.0 Å². The molecule has 4 aromatic carbocycles. The highest BCUT2D eigenvalue weighted by Gasteiger charge is 2.19. The van der Waals surface area contributed by atoms with Crippen LogP contribution in [0.2, 0.25) is 0 Å². The van der Waals surface area contributed by atoms with Gasteiger partial charge in [-0.2, -0.15) is 0 Å². The molecule has 0 atom stereocenters. The smallest absolute Gasteiger partial charge is 0.144 e. The van der Waals surface area contributed by atoms with Gasteiger partial charge in [0.2, 0.25) is 0 Å². The van der Waals surface area contributed by atoms with Crippen LogP contribution in [0.3, 0.4) is 0 Å². The van der Waals surface area contributed by atoms with Crippen molar-refractivity contribution in [3.8, 4) is 11.3 Å². The number of fused-ring (bicyclic) bond motifs is 6. The monoisotopic (exact) mass is 415 g/mol. The molecule has 6 aromatic rings. The predicted octanol–water partition coefficient (Wildman–Crippen LogP) is 7.39. The summed E-state index contributed by atoms with van der Waals surface area (Å²) in [5, 5.41) is 7.27. The van der Waals surface area contributed by atoms with E-state index in [1.54, 1.807) is 6.33 Å². The second kappa shape index (κ2) is 6.64. The number of nitrogens with zero attached hydrogens (tertiary/aromatic N) is 3. The fourth-order valence-corrected chi connectivity index (χ4v) is 4.94. The number of rotatable bonds is 1. The SMILES string of the molecule is Cn1c2ccc3ccccc3c2c2c(-c3cccc4cc(C(C)(C)C)ccc34)ncnc21. The van der Waals surface area contributed by atoms with E-state index in [0.717, 1.165) is 22.3 Å². The quantitative estimate of drug-likeness (QED) is 0.280. The fourth-order valence-electron chi connectivity index (χ4n) is 4.94. The van der Waals surface area contributed by atoms with Gasteiger partial charge >= 0.3 is 0 Å². The lowest BCUT2D eigenvalue weighted by atomic mass is 9.85. The van der Waals surface area contributed by atoms with Crippen LogP contribution in [0.25, 0.3) is 54.7 Å². The van der Waals surface area contributed by atoms with Crippen molar-refractivity contribution in [1.82, 2.24) is 14.5 Å². The van der Waals surface area contributed by atoms with Crippen LogP contribution in [-0.2, 0) is 12.5 Å². The Hall–Kier alpha value is -3.72. The highest BCUT2D eigenvalue weighted by atomic mass is 15.0. The maximum atomic E-state index is 4.84. The average molecular weight is 416 g/mol. The lowest BCUT2D eigenvalue weighted by Gasteiger charge is -2.20. The third kappa shape index (κ3) is 2.67. The molecule has 0 saturated heterocycles. The van der Waals surface area contributed by atoms with E-state index in [2.05, 4.69) is 110 Å². The van der Waals surface area contributed by atoms with Gasteiger partial charge in [0.25, 0.3) is 0 Å². The highest BCUT2D eigenvalue weighted by molar-refractivity contribution is 6.24. The van der Waals surface area contributed by atoms with Gasteiger partial charge in [0.15, 0.2) is 0 Å². The molecular weight excluding hydrogens is 390 g/mol. The summed E-state index contributed by atoms with van der Waals surface area (Å²) >= 11 is 0. The van der Waals surface area contributed by atoms with E-state index in [1.807, 2.05) is 0 Å². The van der Waals surface area contributed by atoms with E-state index in [0.29, 0.717) is 0 Å². The van der Waals surface area contributed by atoms with Crippen LogP contribution < -0.4 is 0 Å². The maximum absolute atomic E-state index is 4.84. The Labute approximate surface area is 187 Å². The summed E-state index contributed by atoms with van der Waals surface area (Å²) in [4.78, 5) is 9.53. The van der Waals surface area contributed by atoms with Crippen LogP contribution in [0.15, 0.2) is 79.1 Å². The molecule has 6 rings (SSSR count). The third-order valence-electron chi connectivity index (χ3n) is 6.66. The molecule has 3 heteroatoms. The molecule has 0 aliphatic rings. The zero-order valence-electron chi connectivity index (χ0n) is 18.8. The van der Waals surface area contributed by atoms with Gasteiger partial charge in [-0.05, 0) is 38.6 Å². The zero-order valence-corrected chi connectivity index (χ0v) is 18.8. The maximum Gasteiger partial charge on any atom is 0.144 e. The summed E-state index contributed by atoms with van der Waals surface area (Å²) in [5.74, 6) is 0. The van der Waals surface area contributed by atoms with E-state index >= 15 is 0 Å². The van der Waals surface area contributed by atoms with Gasteiger partial charge in [-0.3, -0.25) is 0 Å². The molecule has 3 nitrogen and oxygen atoms in total. The molecule has 0 N–H and O–H groups in total. The van der Waals surface area contributed by atoms with Gasteiger partial charge in [-0.15, -0.1) is 0 Å². The Balaban J connectivity index is 1.75. The van der Waals surface area contributed by atoms with E-state index in [1.165, 1.54) is 38.0 Å². The van der Waals surface area contributed by atoms with Gasteiger partial charge in [0.1, 0.15) is 12.0 Å². The summed E-state index contributed by atoms with van der Waals surface area (Å²) in [5.41, 5.74) is 5.73. The van der Waals surface area contributed by atoms with Gasteiger partial charge in [-0.25, -0.2) is 9.97 Å². The molecule has 0 aliphatic carbocycles. The first-order valence-corrected chi connectivity index (χ1v) is 11.1. The Morgan fingerprint density at radius 3 is 2.38 bits per heavy atom. The second-order valence-corrected chi connectivity index (χ2v) is 9.65. The van der Waals surface area contributed by atoms with Crippen LogP contribution in [0.5, 0.6) is 0 Å². The van der Waals surface area contributed by atoms with Crippen LogP contribution in [-0.4, -0.2) is 14.5 Å². The first-order valence-electron chi connectivity index (χ1n) is 11.1. The number of hydrogen-bond acceptors (Lipinski definition) is 2. The Morgan fingerprint density at radius 2 is 1.53 bits per heavy atom. The molecule has 0 radical (unpaired) electrons. The molecule has 0 fully saturated rings. The Morgan fingerprint density at radius 1 is 0.719 bits per heavy atom. The van der Waals surface area contributed by atoms with Crippen LogP contribution in [0.1, 0.15) is 26.3 Å². The summed E-state index contributed by atoms with van der Waals surface area (Å²) in [6, 6.07) is 26.3. The normalized spacial score (nSPS) is 12.4. The molecule has 156 valence electrons. The van der Waals surface area contributed by atoms with Gasteiger partial charge in [0.05, 0.1) is 16.6 Å². The van der Waals surface area contributed by atoms with Crippen molar-refractivity contribution < 1.29 is 0 Å². The minimum Gasteiger partial charge on any atom is -0.328 e. The summed E-state index contributed by atoms with van der Waals surface area (Å²) in [6.07, 6.45) is 1.70. The number of hydrogen-bond donors (Lipinski definition) is 0. The van der Waals surface area contributed by atoms with Crippen molar-refractivity contribution in [1.29, 1.82) is 0 Å². The van der Waals surface area contributed by atoms with Crippen molar-refractivity contribution in [3.05, 3.63) is 84.7 Å². The number of aryl methyl sites for hydroxylation is 1. The first kappa shape index (κ1) is 19.0.